The summed E-state index contributed by atoms with van der Waals surface area (Å²) in [7, 11) is 1.27. The van der Waals surface area contributed by atoms with E-state index in [4.69, 9.17) is 0 Å². The molecule has 0 fully saturated rings. The van der Waals surface area contributed by atoms with E-state index in [1.54, 1.807) is 13.0 Å². The van der Waals surface area contributed by atoms with E-state index in [-0.39, 0.29) is 5.69 Å². The van der Waals surface area contributed by atoms with Crippen molar-refractivity contribution in [2.24, 2.45) is 0 Å². The second-order valence-corrected chi connectivity index (χ2v) is 3.82. The van der Waals surface area contributed by atoms with Crippen molar-refractivity contribution < 1.29 is 14.3 Å². The summed E-state index contributed by atoms with van der Waals surface area (Å²) in [5, 5.41) is 12.6. The van der Waals surface area contributed by atoms with E-state index in [9.17, 15) is 9.59 Å². The molecular weight excluding hydrogens is 250 g/mol. The molecule has 0 unspecified atom stereocenters. The minimum Gasteiger partial charge on any atom is -0.467 e. The number of hydrogen-bond acceptors (Lipinski definition) is 6. The van der Waals surface area contributed by atoms with Crippen molar-refractivity contribution >= 4 is 23.0 Å². The highest BCUT2D eigenvalue weighted by Gasteiger charge is 2.21. The number of carbonyl (C=O) groups is 2. The molecule has 2 N–H and O–H groups in total. The molecule has 0 radical (unpaired) electrons. The number of fused-ring (bicyclic) bond motifs is 1. The van der Waals surface area contributed by atoms with E-state index >= 15 is 0 Å². The number of nitrogens with zero attached hydrogens (tertiary/aromatic N) is 3. The normalized spacial score (nSPS) is 12.1. The molecule has 2 rings (SSSR count). The van der Waals surface area contributed by atoms with E-state index in [0.717, 1.165) is 0 Å². The average molecular weight is 263 g/mol. The third-order valence-corrected chi connectivity index (χ3v) is 2.61. The number of methoxy groups -OCH3 is 1. The number of pyridine rings is 1. The number of ether oxygens (including phenoxy) is 1. The first kappa shape index (κ1) is 12.9. The molecule has 0 saturated heterocycles. The van der Waals surface area contributed by atoms with Crippen LogP contribution in [0.5, 0.6) is 0 Å². The minimum atomic E-state index is -0.688. The summed E-state index contributed by atoms with van der Waals surface area (Å²) in [5.74, 6) is -0.944. The quantitative estimate of drug-likeness (QED) is 0.753. The van der Waals surface area contributed by atoms with Gasteiger partial charge in [0.25, 0.3) is 5.91 Å². The van der Waals surface area contributed by atoms with Crippen LogP contribution in [0.1, 0.15) is 23.8 Å². The fourth-order valence-corrected chi connectivity index (χ4v) is 1.57. The molecule has 1 amide bonds. The summed E-state index contributed by atoms with van der Waals surface area (Å²) >= 11 is 0. The summed E-state index contributed by atoms with van der Waals surface area (Å²) in [4.78, 5) is 27.4. The van der Waals surface area contributed by atoms with Crippen molar-refractivity contribution in [1.82, 2.24) is 25.7 Å². The van der Waals surface area contributed by atoms with Gasteiger partial charge >= 0.3 is 5.97 Å². The van der Waals surface area contributed by atoms with Gasteiger partial charge in [0.1, 0.15) is 17.3 Å². The smallest absolute Gasteiger partial charge is 0.328 e. The Hall–Kier alpha value is -2.51. The molecule has 8 nitrogen and oxygen atoms in total. The van der Waals surface area contributed by atoms with Crippen molar-refractivity contribution in [1.29, 1.82) is 0 Å². The lowest BCUT2D eigenvalue weighted by Crippen LogP contribution is -2.41. The van der Waals surface area contributed by atoms with Gasteiger partial charge in [0.15, 0.2) is 0 Å². The van der Waals surface area contributed by atoms with Crippen molar-refractivity contribution in [3.8, 4) is 0 Å². The number of hydrogen-bond donors (Lipinski definition) is 2. The number of carbonyl (C=O) groups excluding carboxylic acids is 2. The molecule has 0 bridgehead atoms. The van der Waals surface area contributed by atoms with E-state index in [1.165, 1.54) is 13.2 Å². The van der Waals surface area contributed by atoms with Crippen LogP contribution in [-0.2, 0) is 9.53 Å². The first-order valence-electron chi connectivity index (χ1n) is 5.72. The second kappa shape index (κ2) is 5.42. The van der Waals surface area contributed by atoms with Crippen LogP contribution in [0.25, 0.3) is 11.2 Å². The minimum absolute atomic E-state index is 0.170. The maximum absolute atomic E-state index is 12.0. The summed E-state index contributed by atoms with van der Waals surface area (Å²) in [6.45, 7) is 1.77. The SMILES string of the molecule is CC[C@@H](NC(=O)c1ccc2n[nH]nc2n1)C(=O)OC. The molecule has 2 heterocycles. The zero-order chi connectivity index (χ0) is 13.8. The van der Waals surface area contributed by atoms with Gasteiger partial charge in [0.2, 0.25) is 5.65 Å². The first-order chi connectivity index (χ1) is 9.15. The predicted octanol–water partition coefficient (Wildman–Crippen LogP) is 0.0343. The number of amides is 1. The first-order valence-corrected chi connectivity index (χ1v) is 5.72. The van der Waals surface area contributed by atoms with E-state index in [2.05, 4.69) is 30.4 Å². The van der Waals surface area contributed by atoms with Crippen molar-refractivity contribution in [3.63, 3.8) is 0 Å². The Labute approximate surface area is 108 Å². The average Bonchev–Trinajstić information content (AvgIpc) is 2.90. The summed E-state index contributed by atoms with van der Waals surface area (Å²) in [5.41, 5.74) is 1.08. The Bertz CT molecular complexity index is 609. The van der Waals surface area contributed by atoms with Crippen LogP contribution in [-0.4, -0.2) is 45.4 Å². The Morgan fingerprint density at radius 2 is 2.21 bits per heavy atom. The maximum Gasteiger partial charge on any atom is 0.328 e. The molecule has 0 aliphatic carbocycles. The molecule has 0 aromatic carbocycles. The van der Waals surface area contributed by atoms with Crippen LogP contribution >= 0.6 is 0 Å². The monoisotopic (exact) mass is 263 g/mol. The maximum atomic E-state index is 12.0. The topological polar surface area (TPSA) is 110 Å². The third kappa shape index (κ3) is 2.67. The molecule has 0 saturated carbocycles. The van der Waals surface area contributed by atoms with Crippen LogP contribution in [0, 0.1) is 0 Å². The van der Waals surface area contributed by atoms with Crippen molar-refractivity contribution in [2.75, 3.05) is 7.11 Å². The van der Waals surface area contributed by atoms with Crippen LogP contribution in [0.3, 0.4) is 0 Å². The number of rotatable bonds is 4. The van der Waals surface area contributed by atoms with Crippen LogP contribution < -0.4 is 5.32 Å². The van der Waals surface area contributed by atoms with E-state index in [1.807, 2.05) is 0 Å². The Kier molecular flexibility index (Phi) is 3.69. The molecule has 0 spiro atoms. The highest BCUT2D eigenvalue weighted by Crippen LogP contribution is 2.06. The Balaban J connectivity index is 2.16. The summed E-state index contributed by atoms with van der Waals surface area (Å²) < 4.78 is 4.60. The zero-order valence-electron chi connectivity index (χ0n) is 10.5. The molecule has 2 aromatic heterocycles. The van der Waals surface area contributed by atoms with Crippen molar-refractivity contribution in [2.45, 2.75) is 19.4 Å². The van der Waals surface area contributed by atoms with Gasteiger partial charge in [-0.2, -0.15) is 10.3 Å². The van der Waals surface area contributed by atoms with Gasteiger partial charge in [-0.3, -0.25) is 4.79 Å². The lowest BCUT2D eigenvalue weighted by Gasteiger charge is -2.13. The number of esters is 1. The van der Waals surface area contributed by atoms with Crippen LogP contribution in [0.2, 0.25) is 0 Å². The van der Waals surface area contributed by atoms with Crippen LogP contribution in [0.4, 0.5) is 0 Å². The molecule has 100 valence electrons. The van der Waals surface area contributed by atoms with Gasteiger partial charge < -0.3 is 10.1 Å². The number of aromatic nitrogens is 4. The van der Waals surface area contributed by atoms with Gasteiger partial charge in [-0.05, 0) is 18.6 Å². The number of aromatic amines is 1. The van der Waals surface area contributed by atoms with E-state index in [0.29, 0.717) is 17.6 Å². The van der Waals surface area contributed by atoms with Gasteiger partial charge in [0.05, 0.1) is 7.11 Å². The fourth-order valence-electron chi connectivity index (χ4n) is 1.57. The van der Waals surface area contributed by atoms with Gasteiger partial charge in [0, 0.05) is 0 Å². The van der Waals surface area contributed by atoms with Gasteiger partial charge in [-0.1, -0.05) is 6.92 Å². The molecule has 0 aliphatic rings. The highest BCUT2D eigenvalue weighted by molar-refractivity contribution is 5.96. The van der Waals surface area contributed by atoms with Crippen LogP contribution in [0.15, 0.2) is 12.1 Å². The molecule has 8 heteroatoms. The third-order valence-electron chi connectivity index (χ3n) is 2.61. The zero-order valence-corrected chi connectivity index (χ0v) is 10.5. The van der Waals surface area contributed by atoms with Gasteiger partial charge in [-0.25, -0.2) is 9.78 Å². The standard InChI is InChI=1S/C11H13N5O3/c1-3-6(11(18)19-2)13-10(17)8-5-4-7-9(12-8)15-16-14-7/h4-6H,3H2,1-2H3,(H,13,17)(H,12,14,15,16)/t6-/m1/s1. The molecule has 1 atom stereocenters. The van der Waals surface area contributed by atoms with E-state index < -0.39 is 17.9 Å². The predicted molar refractivity (Wildman–Crippen MR) is 65.2 cm³/mol. The van der Waals surface area contributed by atoms with Crippen molar-refractivity contribution in [3.05, 3.63) is 17.8 Å². The van der Waals surface area contributed by atoms with Gasteiger partial charge in [-0.15, -0.1) is 5.10 Å². The summed E-state index contributed by atoms with van der Waals surface area (Å²) in [6.07, 6.45) is 0.435. The second-order valence-electron chi connectivity index (χ2n) is 3.82. The lowest BCUT2D eigenvalue weighted by atomic mass is 10.2. The number of H-pyrrole nitrogens is 1. The fraction of sp³-hybridized carbons (Fsp3) is 0.364. The Morgan fingerprint density at radius 1 is 1.42 bits per heavy atom. The number of nitrogens with one attached hydrogen (secondary N) is 2. The summed E-state index contributed by atoms with van der Waals surface area (Å²) in [6, 6.07) is 2.46. The molecule has 2 aromatic rings. The molecule has 19 heavy (non-hydrogen) atoms. The largest absolute Gasteiger partial charge is 0.467 e. The highest BCUT2D eigenvalue weighted by atomic mass is 16.5. The Morgan fingerprint density at radius 3 is 2.89 bits per heavy atom. The lowest BCUT2D eigenvalue weighted by molar-refractivity contribution is -0.142. The molecular formula is C11H13N5O3. The molecule has 0 aliphatic heterocycles.